The SMILES string of the molecule is CCc1cccc(C)c1Nc1ccc(C(=O)NCc2ccc(OC)cc2)nc1. The number of pyridine rings is 1. The number of methoxy groups -OCH3 is 1. The van der Waals surface area contributed by atoms with Crippen molar-refractivity contribution < 1.29 is 9.53 Å². The van der Waals surface area contributed by atoms with E-state index in [0.717, 1.165) is 29.1 Å². The van der Waals surface area contributed by atoms with E-state index in [2.05, 4.69) is 47.7 Å². The molecule has 0 aliphatic heterocycles. The molecule has 0 unspecified atom stereocenters. The number of hydrogen-bond acceptors (Lipinski definition) is 4. The number of benzene rings is 2. The van der Waals surface area contributed by atoms with Crippen LogP contribution in [0.1, 0.15) is 34.1 Å². The number of aryl methyl sites for hydroxylation is 2. The summed E-state index contributed by atoms with van der Waals surface area (Å²) in [6.45, 7) is 4.65. The summed E-state index contributed by atoms with van der Waals surface area (Å²) in [4.78, 5) is 16.7. The molecule has 2 N–H and O–H groups in total. The van der Waals surface area contributed by atoms with Crippen molar-refractivity contribution in [3.8, 4) is 5.75 Å². The van der Waals surface area contributed by atoms with Crippen LogP contribution in [0.2, 0.25) is 0 Å². The minimum Gasteiger partial charge on any atom is -0.497 e. The Morgan fingerprint density at radius 1 is 1.07 bits per heavy atom. The lowest BCUT2D eigenvalue weighted by atomic mass is 10.1. The van der Waals surface area contributed by atoms with Gasteiger partial charge in [-0.1, -0.05) is 37.3 Å². The van der Waals surface area contributed by atoms with Crippen molar-refractivity contribution in [1.29, 1.82) is 0 Å². The molecule has 1 heterocycles. The van der Waals surface area contributed by atoms with E-state index < -0.39 is 0 Å². The number of aromatic nitrogens is 1. The first-order chi connectivity index (χ1) is 13.6. The quantitative estimate of drug-likeness (QED) is 0.632. The first kappa shape index (κ1) is 19.4. The van der Waals surface area contributed by atoms with Crippen LogP contribution < -0.4 is 15.4 Å². The standard InChI is InChI=1S/C23H25N3O2/c1-4-18-7-5-6-16(2)22(18)26-19-10-13-21(24-15-19)23(27)25-14-17-8-11-20(28-3)12-9-17/h5-13,15,26H,4,14H2,1-3H3,(H,25,27). The summed E-state index contributed by atoms with van der Waals surface area (Å²) >= 11 is 0. The topological polar surface area (TPSA) is 63.2 Å². The van der Waals surface area contributed by atoms with Gasteiger partial charge in [0.2, 0.25) is 0 Å². The molecule has 0 aliphatic carbocycles. The molecule has 2 aromatic carbocycles. The average molecular weight is 375 g/mol. The summed E-state index contributed by atoms with van der Waals surface area (Å²) in [6, 6.07) is 17.5. The Morgan fingerprint density at radius 2 is 1.86 bits per heavy atom. The number of nitrogens with one attached hydrogen (secondary N) is 2. The number of para-hydroxylation sites is 1. The van der Waals surface area contributed by atoms with Crippen molar-refractivity contribution in [3.05, 3.63) is 83.2 Å². The summed E-state index contributed by atoms with van der Waals surface area (Å²) in [6.07, 6.45) is 2.64. The maximum absolute atomic E-state index is 12.3. The zero-order chi connectivity index (χ0) is 19.9. The molecule has 28 heavy (non-hydrogen) atoms. The van der Waals surface area contributed by atoms with Crippen LogP contribution in [-0.2, 0) is 13.0 Å². The van der Waals surface area contributed by atoms with E-state index in [1.54, 1.807) is 19.4 Å². The molecule has 0 fully saturated rings. The summed E-state index contributed by atoms with van der Waals surface area (Å²) in [5.41, 5.74) is 5.78. The van der Waals surface area contributed by atoms with Crippen molar-refractivity contribution in [3.63, 3.8) is 0 Å². The third-order valence-corrected chi connectivity index (χ3v) is 4.62. The fourth-order valence-corrected chi connectivity index (χ4v) is 2.96. The van der Waals surface area contributed by atoms with Gasteiger partial charge in [-0.2, -0.15) is 0 Å². The van der Waals surface area contributed by atoms with Gasteiger partial charge in [0.25, 0.3) is 5.91 Å². The number of ether oxygens (including phenoxy) is 1. The number of carbonyl (C=O) groups is 1. The Balaban J connectivity index is 1.62. The van der Waals surface area contributed by atoms with Crippen LogP contribution in [0.15, 0.2) is 60.8 Å². The zero-order valence-electron chi connectivity index (χ0n) is 16.5. The lowest BCUT2D eigenvalue weighted by molar-refractivity contribution is 0.0946. The molecular formula is C23H25N3O2. The predicted molar refractivity (Wildman–Crippen MR) is 112 cm³/mol. The van der Waals surface area contributed by atoms with E-state index in [-0.39, 0.29) is 5.91 Å². The third-order valence-electron chi connectivity index (χ3n) is 4.62. The van der Waals surface area contributed by atoms with E-state index in [9.17, 15) is 4.79 Å². The van der Waals surface area contributed by atoms with Crippen LogP contribution >= 0.6 is 0 Å². The zero-order valence-corrected chi connectivity index (χ0v) is 16.5. The van der Waals surface area contributed by atoms with Gasteiger partial charge in [0.15, 0.2) is 0 Å². The molecule has 3 aromatic rings. The van der Waals surface area contributed by atoms with Crippen LogP contribution in [0.3, 0.4) is 0 Å². The van der Waals surface area contributed by atoms with Gasteiger partial charge in [-0.3, -0.25) is 4.79 Å². The molecule has 144 valence electrons. The number of hydrogen-bond donors (Lipinski definition) is 2. The van der Waals surface area contributed by atoms with Crippen LogP contribution in [0.25, 0.3) is 0 Å². The van der Waals surface area contributed by atoms with Crippen LogP contribution in [0, 0.1) is 6.92 Å². The van der Waals surface area contributed by atoms with Gasteiger partial charge < -0.3 is 15.4 Å². The predicted octanol–water partition coefficient (Wildman–Crippen LogP) is 4.63. The Hall–Kier alpha value is -3.34. The molecule has 0 aliphatic rings. The van der Waals surface area contributed by atoms with E-state index in [1.165, 1.54) is 11.1 Å². The van der Waals surface area contributed by atoms with Crippen molar-refractivity contribution in [2.24, 2.45) is 0 Å². The van der Waals surface area contributed by atoms with Gasteiger partial charge in [0.1, 0.15) is 11.4 Å². The van der Waals surface area contributed by atoms with Crippen molar-refractivity contribution >= 4 is 17.3 Å². The summed E-state index contributed by atoms with van der Waals surface area (Å²) in [5.74, 6) is 0.590. The molecule has 0 saturated carbocycles. The Morgan fingerprint density at radius 3 is 2.50 bits per heavy atom. The van der Waals surface area contributed by atoms with Crippen LogP contribution in [0.4, 0.5) is 11.4 Å². The van der Waals surface area contributed by atoms with Gasteiger partial charge in [-0.15, -0.1) is 0 Å². The average Bonchev–Trinajstić information content (AvgIpc) is 2.74. The Labute approximate surface area is 165 Å². The van der Waals surface area contributed by atoms with Gasteiger partial charge in [0, 0.05) is 12.2 Å². The Bertz CT molecular complexity index is 935. The molecular weight excluding hydrogens is 350 g/mol. The Kier molecular flexibility index (Phi) is 6.27. The van der Waals surface area contributed by atoms with Crippen LogP contribution in [-0.4, -0.2) is 18.0 Å². The number of amides is 1. The smallest absolute Gasteiger partial charge is 0.270 e. The molecule has 5 heteroatoms. The van der Waals surface area contributed by atoms with Crippen LogP contribution in [0.5, 0.6) is 5.75 Å². The lowest BCUT2D eigenvalue weighted by Gasteiger charge is -2.14. The third kappa shape index (κ3) is 4.68. The molecule has 1 amide bonds. The maximum atomic E-state index is 12.3. The molecule has 5 nitrogen and oxygen atoms in total. The van der Waals surface area contributed by atoms with Gasteiger partial charge in [-0.25, -0.2) is 4.98 Å². The number of rotatable bonds is 7. The minimum atomic E-state index is -0.201. The maximum Gasteiger partial charge on any atom is 0.270 e. The first-order valence-corrected chi connectivity index (χ1v) is 9.33. The first-order valence-electron chi connectivity index (χ1n) is 9.33. The monoisotopic (exact) mass is 375 g/mol. The second kappa shape index (κ2) is 9.04. The lowest BCUT2D eigenvalue weighted by Crippen LogP contribution is -2.23. The van der Waals surface area contributed by atoms with Gasteiger partial charge in [0.05, 0.1) is 19.0 Å². The normalized spacial score (nSPS) is 10.4. The molecule has 3 rings (SSSR count). The van der Waals surface area contributed by atoms with E-state index in [0.29, 0.717) is 12.2 Å². The molecule has 0 radical (unpaired) electrons. The molecule has 0 bridgehead atoms. The highest BCUT2D eigenvalue weighted by molar-refractivity contribution is 5.92. The molecule has 0 atom stereocenters. The molecule has 1 aromatic heterocycles. The largest absolute Gasteiger partial charge is 0.497 e. The fraction of sp³-hybridized carbons (Fsp3) is 0.217. The number of carbonyl (C=O) groups excluding carboxylic acids is 1. The molecule has 0 saturated heterocycles. The van der Waals surface area contributed by atoms with Crippen molar-refractivity contribution in [1.82, 2.24) is 10.3 Å². The van der Waals surface area contributed by atoms with E-state index in [1.807, 2.05) is 30.3 Å². The fourth-order valence-electron chi connectivity index (χ4n) is 2.96. The second-order valence-electron chi connectivity index (χ2n) is 6.55. The summed E-state index contributed by atoms with van der Waals surface area (Å²) in [5, 5.41) is 6.31. The highest BCUT2D eigenvalue weighted by atomic mass is 16.5. The van der Waals surface area contributed by atoms with Gasteiger partial charge >= 0.3 is 0 Å². The minimum absolute atomic E-state index is 0.201. The number of anilines is 2. The van der Waals surface area contributed by atoms with E-state index in [4.69, 9.17) is 4.74 Å². The van der Waals surface area contributed by atoms with E-state index >= 15 is 0 Å². The highest BCUT2D eigenvalue weighted by Crippen LogP contribution is 2.25. The molecule has 0 spiro atoms. The van der Waals surface area contributed by atoms with Crippen molar-refractivity contribution in [2.75, 3.05) is 12.4 Å². The second-order valence-corrected chi connectivity index (χ2v) is 6.55. The highest BCUT2D eigenvalue weighted by Gasteiger charge is 2.09. The summed E-state index contributed by atoms with van der Waals surface area (Å²) < 4.78 is 5.14. The van der Waals surface area contributed by atoms with Crippen molar-refractivity contribution in [2.45, 2.75) is 26.8 Å². The summed E-state index contributed by atoms with van der Waals surface area (Å²) in [7, 11) is 1.63. The number of nitrogens with zero attached hydrogens (tertiary/aromatic N) is 1. The van der Waals surface area contributed by atoms with Gasteiger partial charge in [-0.05, 0) is 54.3 Å².